The van der Waals surface area contributed by atoms with Crippen LogP contribution in [0.3, 0.4) is 0 Å². The summed E-state index contributed by atoms with van der Waals surface area (Å²) >= 11 is 1.53. The smallest absolute Gasteiger partial charge is 0.326 e. The molecule has 184 valence electrons. The highest BCUT2D eigenvalue weighted by atomic mass is 32.2. The molecule has 32 heavy (non-hydrogen) atoms. The highest BCUT2D eigenvalue weighted by Crippen LogP contribution is 2.12. The van der Waals surface area contributed by atoms with E-state index < -0.39 is 35.9 Å². The third-order valence-electron chi connectivity index (χ3n) is 5.74. The molecule has 0 aliphatic carbocycles. The lowest BCUT2D eigenvalue weighted by atomic mass is 9.98. The molecule has 0 saturated carbocycles. The van der Waals surface area contributed by atoms with Gasteiger partial charge in [0.15, 0.2) is 0 Å². The van der Waals surface area contributed by atoms with Crippen molar-refractivity contribution in [3.8, 4) is 0 Å². The van der Waals surface area contributed by atoms with Gasteiger partial charge < -0.3 is 26.4 Å². The maximum atomic E-state index is 13.1. The van der Waals surface area contributed by atoms with Gasteiger partial charge in [0.2, 0.25) is 17.7 Å². The SMILES string of the molecule is CCC(C)C(NC(=O)C(CCSC)NC(=O)C(CC(C)C)NC(=O)C1CCCN1)C(=O)O. The van der Waals surface area contributed by atoms with Gasteiger partial charge in [-0.25, -0.2) is 4.79 Å². The number of carboxylic acid groups (broad SMARTS) is 1. The van der Waals surface area contributed by atoms with Gasteiger partial charge in [-0.3, -0.25) is 14.4 Å². The summed E-state index contributed by atoms with van der Waals surface area (Å²) in [5.41, 5.74) is 0. The number of thioether (sulfide) groups is 1. The number of amides is 3. The minimum atomic E-state index is -1.10. The monoisotopic (exact) mass is 472 g/mol. The van der Waals surface area contributed by atoms with Crippen LogP contribution < -0.4 is 21.3 Å². The van der Waals surface area contributed by atoms with Gasteiger partial charge in [0.1, 0.15) is 18.1 Å². The van der Waals surface area contributed by atoms with Crippen molar-refractivity contribution in [3.05, 3.63) is 0 Å². The van der Waals surface area contributed by atoms with E-state index >= 15 is 0 Å². The van der Waals surface area contributed by atoms with E-state index in [2.05, 4.69) is 21.3 Å². The zero-order valence-corrected chi connectivity index (χ0v) is 20.7. The minimum Gasteiger partial charge on any atom is -0.480 e. The van der Waals surface area contributed by atoms with Crippen molar-refractivity contribution in [2.45, 2.75) is 84.0 Å². The molecule has 0 spiro atoms. The Morgan fingerprint density at radius 2 is 1.72 bits per heavy atom. The molecule has 0 aromatic heterocycles. The zero-order valence-electron chi connectivity index (χ0n) is 19.9. The number of carbonyl (C=O) groups excluding carboxylic acids is 3. The Morgan fingerprint density at radius 1 is 1.06 bits per heavy atom. The number of hydrogen-bond acceptors (Lipinski definition) is 6. The number of nitrogens with one attached hydrogen (secondary N) is 4. The predicted octanol–water partition coefficient (Wildman–Crippen LogP) is 1.12. The van der Waals surface area contributed by atoms with Crippen LogP contribution in [-0.4, -0.2) is 71.5 Å². The van der Waals surface area contributed by atoms with Crippen LogP contribution in [0.2, 0.25) is 0 Å². The van der Waals surface area contributed by atoms with Gasteiger partial charge in [-0.1, -0.05) is 34.1 Å². The second-order valence-electron chi connectivity index (χ2n) is 8.89. The second-order valence-corrected chi connectivity index (χ2v) is 9.88. The largest absolute Gasteiger partial charge is 0.480 e. The van der Waals surface area contributed by atoms with E-state index in [1.54, 1.807) is 6.92 Å². The van der Waals surface area contributed by atoms with E-state index in [1.165, 1.54) is 11.8 Å². The van der Waals surface area contributed by atoms with Crippen LogP contribution in [0.4, 0.5) is 0 Å². The summed E-state index contributed by atoms with van der Waals surface area (Å²) < 4.78 is 0. The van der Waals surface area contributed by atoms with Crippen molar-refractivity contribution in [2.75, 3.05) is 18.6 Å². The molecule has 1 saturated heterocycles. The molecule has 5 unspecified atom stereocenters. The summed E-state index contributed by atoms with van der Waals surface area (Å²) in [5.74, 6) is -1.74. The van der Waals surface area contributed by atoms with Gasteiger partial charge in [0.25, 0.3) is 0 Å². The summed E-state index contributed by atoms with van der Waals surface area (Å²) in [6, 6.07) is -2.97. The Hall–Kier alpha value is -1.81. The molecule has 3 amide bonds. The van der Waals surface area contributed by atoms with Gasteiger partial charge in [0.05, 0.1) is 6.04 Å². The van der Waals surface area contributed by atoms with E-state index in [9.17, 15) is 24.3 Å². The Kier molecular flexibility index (Phi) is 12.7. The van der Waals surface area contributed by atoms with Crippen LogP contribution in [0.15, 0.2) is 0 Å². The molecule has 1 aliphatic rings. The molecule has 9 nitrogen and oxygen atoms in total. The first-order chi connectivity index (χ1) is 15.1. The molecule has 1 aliphatic heterocycles. The highest BCUT2D eigenvalue weighted by molar-refractivity contribution is 7.98. The van der Waals surface area contributed by atoms with E-state index in [1.807, 2.05) is 27.0 Å². The standard InChI is InChI=1S/C22H40N4O5S/c1-6-14(4)18(22(30)31)26-20(28)16(9-11-32-5)24-21(29)17(12-13(2)3)25-19(27)15-8-7-10-23-15/h13-18,23H,6-12H2,1-5H3,(H,24,29)(H,25,27)(H,26,28)(H,30,31). The average molecular weight is 473 g/mol. The quantitative estimate of drug-likeness (QED) is 0.255. The van der Waals surface area contributed by atoms with Gasteiger partial charge >= 0.3 is 5.97 Å². The normalized spacial score (nSPS) is 19.6. The number of carboxylic acids is 1. The molecular formula is C22H40N4O5S. The summed E-state index contributed by atoms with van der Waals surface area (Å²) in [5, 5.41) is 20.8. The van der Waals surface area contributed by atoms with E-state index in [-0.39, 0.29) is 23.8 Å². The van der Waals surface area contributed by atoms with Crippen molar-refractivity contribution in [1.29, 1.82) is 0 Å². The third kappa shape index (κ3) is 9.36. The van der Waals surface area contributed by atoms with Crippen molar-refractivity contribution in [1.82, 2.24) is 21.3 Å². The Balaban J connectivity index is 2.91. The maximum absolute atomic E-state index is 13.1. The topological polar surface area (TPSA) is 137 Å². The van der Waals surface area contributed by atoms with Crippen molar-refractivity contribution in [3.63, 3.8) is 0 Å². The summed E-state index contributed by atoms with van der Waals surface area (Å²) in [6.45, 7) is 8.32. The third-order valence-corrected chi connectivity index (χ3v) is 6.38. The lowest BCUT2D eigenvalue weighted by Gasteiger charge is -2.27. The van der Waals surface area contributed by atoms with Crippen LogP contribution in [0.5, 0.6) is 0 Å². The summed E-state index contributed by atoms with van der Waals surface area (Å²) in [6.07, 6.45) is 4.93. The number of aliphatic carboxylic acids is 1. The minimum absolute atomic E-state index is 0.155. The maximum Gasteiger partial charge on any atom is 0.326 e. The molecular weight excluding hydrogens is 432 g/mol. The molecule has 1 rings (SSSR count). The van der Waals surface area contributed by atoms with Crippen molar-refractivity contribution >= 4 is 35.5 Å². The predicted molar refractivity (Wildman–Crippen MR) is 126 cm³/mol. The fourth-order valence-corrected chi connectivity index (χ4v) is 4.07. The van der Waals surface area contributed by atoms with Gasteiger partial charge in [0, 0.05) is 0 Å². The van der Waals surface area contributed by atoms with Crippen LogP contribution in [0, 0.1) is 11.8 Å². The Morgan fingerprint density at radius 3 is 2.22 bits per heavy atom. The Bertz CT molecular complexity index is 640. The van der Waals surface area contributed by atoms with Crippen LogP contribution in [0.25, 0.3) is 0 Å². The lowest BCUT2D eigenvalue weighted by molar-refractivity contribution is -0.143. The van der Waals surface area contributed by atoms with Gasteiger partial charge in [-0.05, 0) is 56.1 Å². The summed E-state index contributed by atoms with van der Waals surface area (Å²) in [7, 11) is 0. The van der Waals surface area contributed by atoms with E-state index in [0.717, 1.165) is 19.4 Å². The average Bonchev–Trinajstić information content (AvgIpc) is 3.28. The second kappa shape index (κ2) is 14.4. The molecule has 5 N–H and O–H groups in total. The lowest BCUT2D eigenvalue weighted by Crippen LogP contribution is -2.58. The molecule has 0 bridgehead atoms. The Labute approximate surface area is 195 Å². The van der Waals surface area contributed by atoms with Crippen LogP contribution in [0.1, 0.15) is 59.8 Å². The first-order valence-corrected chi connectivity index (χ1v) is 12.9. The number of rotatable bonds is 14. The van der Waals surface area contributed by atoms with Crippen LogP contribution >= 0.6 is 11.8 Å². The first kappa shape index (κ1) is 28.2. The molecule has 0 aromatic carbocycles. The van der Waals surface area contributed by atoms with Crippen molar-refractivity contribution in [2.24, 2.45) is 11.8 Å². The van der Waals surface area contributed by atoms with E-state index in [4.69, 9.17) is 0 Å². The fraction of sp³-hybridized carbons (Fsp3) is 0.818. The number of hydrogen-bond donors (Lipinski definition) is 5. The van der Waals surface area contributed by atoms with Gasteiger partial charge in [-0.2, -0.15) is 11.8 Å². The van der Waals surface area contributed by atoms with Gasteiger partial charge in [-0.15, -0.1) is 0 Å². The van der Waals surface area contributed by atoms with Crippen molar-refractivity contribution < 1.29 is 24.3 Å². The molecule has 10 heteroatoms. The molecule has 1 heterocycles. The molecule has 1 fully saturated rings. The molecule has 5 atom stereocenters. The molecule has 0 radical (unpaired) electrons. The summed E-state index contributed by atoms with van der Waals surface area (Å²) in [4.78, 5) is 50.1. The molecule has 0 aromatic rings. The van der Waals surface area contributed by atoms with E-state index in [0.29, 0.717) is 25.0 Å². The fourth-order valence-electron chi connectivity index (χ4n) is 3.60. The zero-order chi connectivity index (χ0) is 24.3. The van der Waals surface area contributed by atoms with Crippen LogP contribution in [-0.2, 0) is 19.2 Å². The highest BCUT2D eigenvalue weighted by Gasteiger charge is 2.32. The first-order valence-electron chi connectivity index (χ1n) is 11.5. The number of carbonyl (C=O) groups is 4.